The monoisotopic (exact) mass is 348 g/mol. The second-order valence-electron chi connectivity index (χ2n) is 6.87. The molecule has 8 nitrogen and oxygen atoms in total. The Morgan fingerprint density at radius 1 is 1.04 bits per heavy atom. The summed E-state index contributed by atoms with van der Waals surface area (Å²) in [7, 11) is 0. The van der Waals surface area contributed by atoms with Crippen LogP contribution < -0.4 is 11.1 Å². The summed E-state index contributed by atoms with van der Waals surface area (Å²) in [5, 5.41) is 8.05. The van der Waals surface area contributed by atoms with E-state index >= 15 is 0 Å². The van der Waals surface area contributed by atoms with Gasteiger partial charge in [-0.15, -0.1) is 5.10 Å². The van der Waals surface area contributed by atoms with Crippen LogP contribution in [0.4, 0.5) is 5.95 Å². The molecule has 8 heteroatoms. The van der Waals surface area contributed by atoms with Gasteiger partial charge >= 0.3 is 0 Å². The maximum Gasteiger partial charge on any atom is 0.241 e. The molecule has 0 aliphatic heterocycles. The van der Waals surface area contributed by atoms with E-state index in [0.29, 0.717) is 23.8 Å². The number of nitrogens with two attached hydrogens (primary N) is 1. The van der Waals surface area contributed by atoms with E-state index in [4.69, 9.17) is 5.73 Å². The van der Waals surface area contributed by atoms with E-state index in [1.54, 1.807) is 6.20 Å². The molecule has 4 heterocycles. The number of nitrogens with one attached hydrogen (secondary N) is 1. The molecular weight excluding hydrogens is 328 g/mol. The molecule has 3 N–H and O–H groups in total. The van der Waals surface area contributed by atoms with Gasteiger partial charge in [-0.3, -0.25) is 4.40 Å². The molecule has 4 aromatic rings. The summed E-state index contributed by atoms with van der Waals surface area (Å²) in [6.07, 6.45) is 15.5. The zero-order chi connectivity index (χ0) is 17.5. The van der Waals surface area contributed by atoms with Crippen LogP contribution in [0.1, 0.15) is 25.7 Å². The molecule has 0 saturated heterocycles. The number of fused-ring (bicyclic) bond motifs is 2. The van der Waals surface area contributed by atoms with Crippen molar-refractivity contribution in [3.05, 3.63) is 43.2 Å². The molecule has 0 bridgehead atoms. The minimum Gasteiger partial charge on any atom is -0.350 e. The number of anilines is 1. The maximum atomic E-state index is 5.98. The number of nitrogens with zero attached hydrogens (tertiary/aromatic N) is 6. The average molecular weight is 348 g/mol. The highest BCUT2D eigenvalue weighted by atomic mass is 15.3. The van der Waals surface area contributed by atoms with Gasteiger partial charge in [-0.1, -0.05) is 0 Å². The van der Waals surface area contributed by atoms with Crippen LogP contribution in [0.15, 0.2) is 43.2 Å². The van der Waals surface area contributed by atoms with E-state index < -0.39 is 0 Å². The molecule has 1 aliphatic carbocycles. The molecule has 0 unspecified atom stereocenters. The number of aromatic nitrogens is 6. The lowest BCUT2D eigenvalue weighted by Gasteiger charge is -2.26. The summed E-state index contributed by atoms with van der Waals surface area (Å²) in [5.74, 6) is 1.34. The molecule has 26 heavy (non-hydrogen) atoms. The first-order valence-electron chi connectivity index (χ1n) is 8.92. The molecule has 4 aromatic heterocycles. The van der Waals surface area contributed by atoms with Crippen LogP contribution in [0.5, 0.6) is 0 Å². The lowest BCUT2D eigenvalue weighted by molar-refractivity contribution is 0.409. The van der Waals surface area contributed by atoms with Crippen LogP contribution in [0.25, 0.3) is 22.4 Å². The Morgan fingerprint density at radius 3 is 2.81 bits per heavy atom. The van der Waals surface area contributed by atoms with E-state index in [9.17, 15) is 0 Å². The van der Waals surface area contributed by atoms with Crippen molar-refractivity contribution in [1.82, 2.24) is 29.0 Å². The van der Waals surface area contributed by atoms with Gasteiger partial charge in [0.2, 0.25) is 11.7 Å². The van der Waals surface area contributed by atoms with Gasteiger partial charge in [0.25, 0.3) is 0 Å². The van der Waals surface area contributed by atoms with E-state index in [0.717, 1.165) is 42.3 Å². The van der Waals surface area contributed by atoms with Gasteiger partial charge in [-0.2, -0.15) is 0 Å². The van der Waals surface area contributed by atoms with Crippen LogP contribution in [0.2, 0.25) is 0 Å². The third-order valence-corrected chi connectivity index (χ3v) is 5.08. The third-order valence-electron chi connectivity index (χ3n) is 5.08. The zero-order valence-electron chi connectivity index (χ0n) is 14.3. The molecule has 132 valence electrons. The highest BCUT2D eigenvalue weighted by Crippen LogP contribution is 2.25. The minimum atomic E-state index is 0.338. The molecule has 0 radical (unpaired) electrons. The minimum absolute atomic E-state index is 0.338. The summed E-state index contributed by atoms with van der Waals surface area (Å²) in [4.78, 5) is 13.1. The fraction of sp³-hybridized carbons (Fsp3) is 0.333. The van der Waals surface area contributed by atoms with Crippen molar-refractivity contribution in [3.63, 3.8) is 0 Å². The predicted molar refractivity (Wildman–Crippen MR) is 98.8 cm³/mol. The van der Waals surface area contributed by atoms with Crippen LogP contribution in [-0.2, 0) is 0 Å². The van der Waals surface area contributed by atoms with E-state index in [1.807, 2.05) is 46.0 Å². The van der Waals surface area contributed by atoms with Gasteiger partial charge in [-0.25, -0.2) is 19.5 Å². The van der Waals surface area contributed by atoms with Crippen LogP contribution in [0.3, 0.4) is 0 Å². The maximum absolute atomic E-state index is 5.98. The van der Waals surface area contributed by atoms with Gasteiger partial charge in [0.05, 0.1) is 11.7 Å². The molecular formula is C18H20N8. The standard InChI is InChI=1S/C18H20N8/c19-13-1-3-14(4-2-13)23-17-21-10-16-15(5-7-26(16)24-17)12-9-22-18-20-6-8-25(18)11-12/h5-11,13-14H,1-4,19H2,(H,23,24)/t13-,14+. The smallest absolute Gasteiger partial charge is 0.241 e. The van der Waals surface area contributed by atoms with Crippen molar-refractivity contribution in [3.8, 4) is 11.1 Å². The van der Waals surface area contributed by atoms with Gasteiger partial charge in [-0.05, 0) is 31.7 Å². The first kappa shape index (κ1) is 15.3. The van der Waals surface area contributed by atoms with E-state index in [2.05, 4.69) is 25.4 Å². The Bertz CT molecular complexity index is 1060. The molecule has 1 aliphatic rings. The van der Waals surface area contributed by atoms with E-state index in [1.165, 1.54) is 0 Å². The van der Waals surface area contributed by atoms with Crippen molar-refractivity contribution < 1.29 is 0 Å². The number of imidazole rings is 1. The largest absolute Gasteiger partial charge is 0.350 e. The van der Waals surface area contributed by atoms with Crippen molar-refractivity contribution in [2.24, 2.45) is 5.73 Å². The summed E-state index contributed by atoms with van der Waals surface area (Å²) in [6.45, 7) is 0. The Morgan fingerprint density at radius 2 is 1.92 bits per heavy atom. The fourth-order valence-electron chi connectivity index (χ4n) is 3.61. The molecule has 1 saturated carbocycles. The lowest BCUT2D eigenvalue weighted by atomic mass is 9.92. The lowest BCUT2D eigenvalue weighted by Crippen LogP contribution is -2.33. The molecule has 5 rings (SSSR count). The number of hydrogen-bond acceptors (Lipinski definition) is 6. The van der Waals surface area contributed by atoms with Gasteiger partial charge in [0, 0.05) is 54.2 Å². The van der Waals surface area contributed by atoms with Crippen LogP contribution >= 0.6 is 0 Å². The summed E-state index contributed by atoms with van der Waals surface area (Å²) in [5.41, 5.74) is 8.97. The zero-order valence-corrected chi connectivity index (χ0v) is 14.3. The van der Waals surface area contributed by atoms with Gasteiger partial charge in [0.1, 0.15) is 0 Å². The Labute approximate surface area is 150 Å². The summed E-state index contributed by atoms with van der Waals surface area (Å²) in [6, 6.07) is 2.77. The first-order chi connectivity index (χ1) is 12.8. The molecule has 1 fully saturated rings. The number of hydrogen-bond donors (Lipinski definition) is 2. The molecule has 0 atom stereocenters. The predicted octanol–water partition coefficient (Wildman–Crippen LogP) is 2.12. The third kappa shape index (κ3) is 2.68. The molecule has 0 amide bonds. The second kappa shape index (κ2) is 6.06. The quantitative estimate of drug-likeness (QED) is 0.588. The van der Waals surface area contributed by atoms with Crippen molar-refractivity contribution in [2.75, 3.05) is 5.32 Å². The molecule has 0 spiro atoms. The Hall–Kier alpha value is -3.00. The Kier molecular flexibility index (Phi) is 3.56. The van der Waals surface area contributed by atoms with Crippen molar-refractivity contribution >= 4 is 17.2 Å². The average Bonchev–Trinajstić information content (AvgIpc) is 3.29. The highest BCUT2D eigenvalue weighted by molar-refractivity contribution is 5.79. The summed E-state index contributed by atoms with van der Waals surface area (Å²) >= 11 is 0. The van der Waals surface area contributed by atoms with Crippen molar-refractivity contribution in [1.29, 1.82) is 0 Å². The topological polar surface area (TPSA) is 98.4 Å². The SMILES string of the molecule is N[C@H]1CC[C@@H](Nc2ncc3c(-c4cnc5nccn5c4)ccn3n2)CC1. The number of rotatable bonds is 3. The van der Waals surface area contributed by atoms with Gasteiger partial charge < -0.3 is 11.1 Å². The first-order valence-corrected chi connectivity index (χ1v) is 8.92. The van der Waals surface area contributed by atoms with Crippen molar-refractivity contribution in [2.45, 2.75) is 37.8 Å². The van der Waals surface area contributed by atoms with Crippen LogP contribution in [0, 0.1) is 0 Å². The Balaban J connectivity index is 1.44. The fourth-order valence-corrected chi connectivity index (χ4v) is 3.61. The van der Waals surface area contributed by atoms with Crippen LogP contribution in [-0.4, -0.2) is 41.1 Å². The normalized spacial score (nSPS) is 20.7. The highest BCUT2D eigenvalue weighted by Gasteiger charge is 2.19. The summed E-state index contributed by atoms with van der Waals surface area (Å²) < 4.78 is 3.76. The van der Waals surface area contributed by atoms with Gasteiger partial charge in [0.15, 0.2) is 0 Å². The second-order valence-corrected chi connectivity index (χ2v) is 6.87. The van der Waals surface area contributed by atoms with E-state index in [-0.39, 0.29) is 0 Å². The molecule has 0 aromatic carbocycles.